The Kier molecular flexibility index (Phi) is 18.3. The van der Waals surface area contributed by atoms with Gasteiger partial charge in [0.05, 0.1) is 25.4 Å². The predicted octanol–water partition coefficient (Wildman–Crippen LogP) is 0.724. The summed E-state index contributed by atoms with van der Waals surface area (Å²) in [6.07, 6.45) is 1.66. The molecule has 0 aromatic rings. The van der Waals surface area contributed by atoms with Crippen LogP contribution in [-0.4, -0.2) is 107 Å². The molecule has 0 aromatic carbocycles. The van der Waals surface area contributed by atoms with Gasteiger partial charge < -0.3 is 40.3 Å². The molecule has 1 heterocycles. The molecule has 0 aliphatic carbocycles. The van der Waals surface area contributed by atoms with Gasteiger partial charge in [0.15, 0.2) is 6.29 Å². The van der Waals surface area contributed by atoms with Gasteiger partial charge in [-0.2, -0.15) is 8.42 Å². The maximum Gasteiger partial charge on any atom is 0.397 e. The average Bonchev–Trinajstić information content (AvgIpc) is 2.90. The summed E-state index contributed by atoms with van der Waals surface area (Å²) in [4.78, 5) is 12.7. The molecule has 1 amide bonds. The molecule has 1 aliphatic heterocycles. The Morgan fingerprint density at radius 2 is 1.62 bits per heavy atom. The lowest BCUT2D eigenvalue weighted by Gasteiger charge is -2.41. The van der Waals surface area contributed by atoms with E-state index in [9.17, 15) is 38.7 Å². The van der Waals surface area contributed by atoms with Crippen molar-refractivity contribution in [1.82, 2.24) is 5.32 Å². The van der Waals surface area contributed by atoms with E-state index in [2.05, 4.69) is 16.4 Å². The predicted molar refractivity (Wildman–Crippen MR) is 145 cm³/mol. The number of amides is 1. The van der Waals surface area contributed by atoms with Gasteiger partial charge in [-0.05, 0) is 32.1 Å². The molecule has 236 valence electrons. The van der Waals surface area contributed by atoms with Gasteiger partial charge in [0.25, 0.3) is 0 Å². The Morgan fingerprint density at radius 3 is 2.25 bits per heavy atom. The number of unbranched alkanes of at least 4 members (excludes halogenated alkanes) is 6. The number of nitrogens with one attached hydrogen (secondary N) is 1. The first-order chi connectivity index (χ1) is 18.9. The lowest BCUT2D eigenvalue weighted by Crippen LogP contribution is -2.61. The van der Waals surface area contributed by atoms with Crippen molar-refractivity contribution in [2.75, 3.05) is 13.2 Å². The molecule has 7 N–H and O–H groups in total. The average molecular weight is 600 g/mol. The summed E-state index contributed by atoms with van der Waals surface area (Å²) in [5, 5.41) is 53.8. The summed E-state index contributed by atoms with van der Waals surface area (Å²) in [5.41, 5.74) is 0. The van der Waals surface area contributed by atoms with Gasteiger partial charge in [-0.15, -0.1) is 0 Å². The van der Waals surface area contributed by atoms with Crippen molar-refractivity contribution in [3.05, 3.63) is 12.2 Å². The zero-order valence-electron chi connectivity index (χ0n) is 23.5. The summed E-state index contributed by atoms with van der Waals surface area (Å²) in [6, 6.07) is -1.04. The molecule has 0 spiro atoms. The third-order valence-electron chi connectivity index (χ3n) is 6.69. The van der Waals surface area contributed by atoms with E-state index in [0.29, 0.717) is 19.3 Å². The standard InChI is InChI=1S/C26H49NO12S/c1-3-5-7-8-9-10-11-13-15-20(30)25(33)27-18(19(29)14-12-6-4-2)17-37-26-23(32)24(39-40(34,35)36)22(31)21(16-28)38-26/h10-11,18-24,26,28-32H,3-9,12-17H2,1-2H3,(H,27,33)(H,34,35,36)/b11-10-. The van der Waals surface area contributed by atoms with Crippen molar-refractivity contribution in [3.8, 4) is 0 Å². The lowest BCUT2D eigenvalue weighted by molar-refractivity contribution is -0.298. The van der Waals surface area contributed by atoms with E-state index in [1.165, 1.54) is 6.42 Å². The largest absolute Gasteiger partial charge is 0.397 e. The van der Waals surface area contributed by atoms with E-state index in [1.54, 1.807) is 0 Å². The Bertz CT molecular complexity index is 827. The minimum absolute atomic E-state index is 0.173. The van der Waals surface area contributed by atoms with Gasteiger partial charge in [-0.25, -0.2) is 4.18 Å². The second-order valence-corrected chi connectivity index (χ2v) is 11.2. The van der Waals surface area contributed by atoms with Crippen LogP contribution in [0.3, 0.4) is 0 Å². The smallest absolute Gasteiger partial charge is 0.394 e. The number of rotatable bonds is 21. The molecule has 1 rings (SSSR count). The van der Waals surface area contributed by atoms with E-state index in [0.717, 1.165) is 38.5 Å². The number of aliphatic hydroxyl groups is 5. The molecule has 40 heavy (non-hydrogen) atoms. The molecule has 0 radical (unpaired) electrons. The molecular weight excluding hydrogens is 550 g/mol. The zero-order valence-corrected chi connectivity index (χ0v) is 24.3. The van der Waals surface area contributed by atoms with Gasteiger partial charge in [0.1, 0.15) is 30.5 Å². The van der Waals surface area contributed by atoms with Crippen LogP contribution in [0.15, 0.2) is 12.2 Å². The van der Waals surface area contributed by atoms with E-state index >= 15 is 0 Å². The van der Waals surface area contributed by atoms with E-state index in [1.807, 2.05) is 19.1 Å². The number of hydrogen-bond donors (Lipinski definition) is 7. The Balaban J connectivity index is 2.80. The molecule has 1 aliphatic rings. The quantitative estimate of drug-likeness (QED) is 0.0553. The SMILES string of the molecule is CCCCCC/C=C\CCC(O)C(=O)NC(COC1OC(CO)C(O)C(OS(=O)(=O)O)C1O)C(O)CCCCC. The van der Waals surface area contributed by atoms with Gasteiger partial charge in [-0.3, -0.25) is 9.35 Å². The summed E-state index contributed by atoms with van der Waals surface area (Å²) in [6.45, 7) is 2.91. The molecule has 0 saturated carbocycles. The maximum absolute atomic E-state index is 12.7. The van der Waals surface area contributed by atoms with Crippen LogP contribution < -0.4 is 5.32 Å². The molecule has 1 saturated heterocycles. The van der Waals surface area contributed by atoms with E-state index in [-0.39, 0.29) is 6.42 Å². The van der Waals surface area contributed by atoms with Crippen LogP contribution in [0, 0.1) is 0 Å². The number of ether oxygens (including phenoxy) is 2. The van der Waals surface area contributed by atoms with Crippen molar-refractivity contribution in [2.45, 2.75) is 133 Å². The molecule has 14 heteroatoms. The molecule has 1 fully saturated rings. The van der Waals surface area contributed by atoms with Gasteiger partial charge >= 0.3 is 10.4 Å². The third kappa shape index (κ3) is 14.1. The second-order valence-electron chi connectivity index (χ2n) is 10.1. The number of hydrogen-bond acceptors (Lipinski definition) is 11. The molecule has 13 nitrogen and oxygen atoms in total. The first-order valence-electron chi connectivity index (χ1n) is 14.2. The summed E-state index contributed by atoms with van der Waals surface area (Å²) in [7, 11) is -5.09. The third-order valence-corrected chi connectivity index (χ3v) is 7.16. The van der Waals surface area contributed by atoms with Crippen molar-refractivity contribution in [2.24, 2.45) is 0 Å². The van der Waals surface area contributed by atoms with Crippen LogP contribution in [0.4, 0.5) is 0 Å². The second kappa shape index (κ2) is 19.8. The molecule has 8 unspecified atom stereocenters. The fraction of sp³-hybridized carbons (Fsp3) is 0.885. The number of allylic oxidation sites excluding steroid dienone is 2. The highest BCUT2D eigenvalue weighted by Crippen LogP contribution is 2.26. The van der Waals surface area contributed by atoms with Crippen LogP contribution in [0.25, 0.3) is 0 Å². The van der Waals surface area contributed by atoms with Gasteiger partial charge in [0, 0.05) is 0 Å². The molecule has 0 bridgehead atoms. The molecule has 8 atom stereocenters. The van der Waals surface area contributed by atoms with Crippen LogP contribution >= 0.6 is 0 Å². The number of aliphatic hydroxyl groups excluding tert-OH is 5. The first kappa shape index (κ1) is 36.8. The van der Waals surface area contributed by atoms with Gasteiger partial charge in [0.2, 0.25) is 5.91 Å². The Morgan fingerprint density at radius 1 is 0.975 bits per heavy atom. The van der Waals surface area contributed by atoms with Crippen molar-refractivity contribution in [3.63, 3.8) is 0 Å². The van der Waals surface area contributed by atoms with Crippen LogP contribution in [0.5, 0.6) is 0 Å². The highest BCUT2D eigenvalue weighted by molar-refractivity contribution is 7.80. The number of carbonyl (C=O) groups is 1. The summed E-state index contributed by atoms with van der Waals surface area (Å²) < 4.78 is 46.6. The molecule has 0 aromatic heterocycles. The monoisotopic (exact) mass is 599 g/mol. The molecular formula is C26H49NO12S. The highest BCUT2D eigenvalue weighted by atomic mass is 32.3. The summed E-state index contributed by atoms with van der Waals surface area (Å²) >= 11 is 0. The van der Waals surface area contributed by atoms with E-state index < -0.39 is 78.5 Å². The van der Waals surface area contributed by atoms with Gasteiger partial charge in [-0.1, -0.05) is 64.5 Å². The number of carbonyl (C=O) groups excluding carboxylic acids is 1. The minimum Gasteiger partial charge on any atom is -0.394 e. The fourth-order valence-corrected chi connectivity index (χ4v) is 4.79. The van der Waals surface area contributed by atoms with Crippen LogP contribution in [0.1, 0.15) is 84.5 Å². The Labute approximate surface area is 237 Å². The summed E-state index contributed by atoms with van der Waals surface area (Å²) in [5.74, 6) is -0.721. The lowest BCUT2D eigenvalue weighted by atomic mass is 9.99. The van der Waals surface area contributed by atoms with Crippen molar-refractivity contribution in [1.29, 1.82) is 0 Å². The topological polar surface area (TPSA) is 212 Å². The first-order valence-corrected chi connectivity index (χ1v) is 15.5. The normalized spacial score (nSPS) is 26.1. The van der Waals surface area contributed by atoms with Crippen molar-refractivity contribution >= 4 is 16.3 Å². The zero-order chi connectivity index (χ0) is 30.1. The Hall–Kier alpha value is -1.20. The fourth-order valence-electron chi connectivity index (χ4n) is 4.29. The van der Waals surface area contributed by atoms with Crippen molar-refractivity contribution < 1.29 is 57.0 Å². The van der Waals surface area contributed by atoms with Crippen LogP contribution in [-0.2, 0) is 28.9 Å². The van der Waals surface area contributed by atoms with E-state index in [4.69, 9.17) is 14.0 Å². The minimum atomic E-state index is -5.09. The maximum atomic E-state index is 12.7. The van der Waals surface area contributed by atoms with Crippen LogP contribution in [0.2, 0.25) is 0 Å². The highest BCUT2D eigenvalue weighted by Gasteiger charge is 2.48.